The summed E-state index contributed by atoms with van der Waals surface area (Å²) in [5.74, 6) is -1.23. The number of carbonyl (C=O) groups is 3. The molecule has 0 saturated carbocycles. The maximum atomic E-state index is 12.7. The fraction of sp³-hybridized carbons (Fsp3) is 0.286. The van der Waals surface area contributed by atoms with Crippen molar-refractivity contribution in [1.82, 2.24) is 0 Å². The van der Waals surface area contributed by atoms with E-state index in [0.717, 1.165) is 0 Å². The number of anilines is 2. The molecule has 0 aliphatic carbocycles. The highest BCUT2D eigenvalue weighted by molar-refractivity contribution is 7.12. The third kappa shape index (κ3) is 4.08. The highest BCUT2D eigenvalue weighted by Crippen LogP contribution is 2.40. The van der Waals surface area contributed by atoms with Crippen LogP contribution in [0, 0.1) is 5.41 Å². The Kier molecular flexibility index (Phi) is 5.59. The van der Waals surface area contributed by atoms with E-state index < -0.39 is 17.3 Å². The molecule has 0 radical (unpaired) electrons. The molecule has 3 rings (SSSR count). The average molecular weight is 414 g/mol. The van der Waals surface area contributed by atoms with Crippen molar-refractivity contribution in [2.24, 2.45) is 5.41 Å². The maximum absolute atomic E-state index is 12.7. The van der Waals surface area contributed by atoms with E-state index in [-0.39, 0.29) is 22.9 Å². The van der Waals surface area contributed by atoms with E-state index in [2.05, 4.69) is 5.32 Å². The zero-order valence-corrected chi connectivity index (χ0v) is 17.4. The zero-order chi connectivity index (χ0) is 21.3. The highest BCUT2D eigenvalue weighted by atomic mass is 32.1. The topological polar surface area (TPSA) is 95.9 Å². The Morgan fingerprint density at radius 2 is 1.97 bits per heavy atom. The number of hydrogen-bond acceptors (Lipinski definition) is 6. The largest absolute Gasteiger partial charge is 0.430 e. The van der Waals surface area contributed by atoms with Gasteiger partial charge in [0.25, 0.3) is 11.8 Å². The van der Waals surface area contributed by atoms with Gasteiger partial charge >= 0.3 is 5.97 Å². The summed E-state index contributed by atoms with van der Waals surface area (Å²) in [5.41, 5.74) is 0.482. The van der Waals surface area contributed by atoms with Crippen molar-refractivity contribution in [2.75, 3.05) is 10.4 Å². The van der Waals surface area contributed by atoms with Crippen molar-refractivity contribution in [3.8, 4) is 0 Å². The Morgan fingerprint density at radius 3 is 2.55 bits per heavy atom. The molecule has 1 aliphatic rings. The molecule has 2 aromatic rings. The van der Waals surface area contributed by atoms with Crippen LogP contribution in [0.1, 0.15) is 49.4 Å². The summed E-state index contributed by atoms with van der Waals surface area (Å²) in [6.45, 7) is 6.93. The van der Waals surface area contributed by atoms with Gasteiger partial charge in [-0.05, 0) is 50.4 Å². The molecule has 1 aromatic heterocycles. The van der Waals surface area contributed by atoms with Crippen molar-refractivity contribution < 1.29 is 24.3 Å². The van der Waals surface area contributed by atoms with Crippen LogP contribution >= 0.6 is 11.3 Å². The van der Waals surface area contributed by atoms with Crippen LogP contribution in [-0.2, 0) is 14.3 Å². The van der Waals surface area contributed by atoms with Crippen LogP contribution in [0.25, 0.3) is 5.57 Å². The minimum Gasteiger partial charge on any atom is -0.430 e. The molecule has 7 nitrogen and oxygen atoms in total. The molecule has 0 atom stereocenters. The van der Waals surface area contributed by atoms with E-state index in [4.69, 9.17) is 4.74 Å². The van der Waals surface area contributed by atoms with Gasteiger partial charge in [-0.2, -0.15) is 5.06 Å². The summed E-state index contributed by atoms with van der Waals surface area (Å²) in [4.78, 5) is 37.7. The number of hydrogen-bond donors (Lipinski definition) is 2. The van der Waals surface area contributed by atoms with Gasteiger partial charge < -0.3 is 10.1 Å². The molecule has 2 amide bonds. The van der Waals surface area contributed by atoms with Crippen molar-refractivity contribution in [2.45, 2.75) is 34.1 Å². The Hall–Kier alpha value is -2.97. The van der Waals surface area contributed by atoms with E-state index in [1.165, 1.54) is 17.4 Å². The molecule has 0 unspecified atom stereocenters. The molecule has 152 valence electrons. The molecule has 1 aliphatic heterocycles. The van der Waals surface area contributed by atoms with Gasteiger partial charge in [-0.3, -0.25) is 19.6 Å². The average Bonchev–Trinajstić information content (AvgIpc) is 3.28. The summed E-state index contributed by atoms with van der Waals surface area (Å²) in [6.07, 6.45) is 0.299. The van der Waals surface area contributed by atoms with Gasteiger partial charge in [0, 0.05) is 17.7 Å². The van der Waals surface area contributed by atoms with Gasteiger partial charge in [0.1, 0.15) is 5.76 Å². The number of thiophene rings is 1. The molecular weight excluding hydrogens is 392 g/mol. The number of allylic oxidation sites excluding steroid dienone is 1. The molecule has 0 spiro atoms. The first kappa shape index (κ1) is 20.8. The summed E-state index contributed by atoms with van der Waals surface area (Å²) >= 11 is 1.31. The number of ether oxygens (including phenoxy) is 1. The number of nitrogens with one attached hydrogen (secondary N) is 1. The second-order valence-electron chi connectivity index (χ2n) is 7.57. The summed E-state index contributed by atoms with van der Waals surface area (Å²) in [7, 11) is 0. The number of carbonyl (C=O) groups excluding carboxylic acids is 3. The smallest absolute Gasteiger partial charge is 0.316 e. The number of benzene rings is 1. The lowest BCUT2D eigenvalue weighted by molar-refractivity contribution is -0.148. The van der Waals surface area contributed by atoms with Crippen LogP contribution < -0.4 is 10.4 Å². The molecule has 0 bridgehead atoms. The SMILES string of the molecule is CC/C(OC(=O)C(C)(C)C)=C1/C(=O)N(O)c2cc(NC(=O)c3cccs3)ccc21. The number of esters is 1. The quantitative estimate of drug-likeness (QED) is 0.334. The van der Waals surface area contributed by atoms with Crippen LogP contribution in [0.4, 0.5) is 11.4 Å². The summed E-state index contributed by atoms with van der Waals surface area (Å²) in [5, 5.41) is 15.3. The molecular formula is C21H22N2O5S. The Balaban J connectivity index is 1.95. The minimum absolute atomic E-state index is 0.138. The molecule has 1 aromatic carbocycles. The Labute approximate surface area is 172 Å². The normalized spacial score (nSPS) is 15.2. The highest BCUT2D eigenvalue weighted by Gasteiger charge is 2.36. The molecule has 29 heavy (non-hydrogen) atoms. The van der Waals surface area contributed by atoms with E-state index in [9.17, 15) is 19.6 Å². The van der Waals surface area contributed by atoms with Gasteiger partial charge in [0.15, 0.2) is 0 Å². The fourth-order valence-electron chi connectivity index (χ4n) is 2.76. The lowest BCUT2D eigenvalue weighted by Gasteiger charge is -2.18. The number of hydroxylamine groups is 1. The third-order valence-electron chi connectivity index (χ3n) is 4.33. The molecule has 0 fully saturated rings. The van der Waals surface area contributed by atoms with Gasteiger partial charge in [-0.25, -0.2) is 0 Å². The van der Waals surface area contributed by atoms with Crippen LogP contribution in [-0.4, -0.2) is 23.0 Å². The molecule has 0 saturated heterocycles. The third-order valence-corrected chi connectivity index (χ3v) is 5.20. The van der Waals surface area contributed by atoms with Crippen molar-refractivity contribution >= 4 is 46.1 Å². The summed E-state index contributed by atoms with van der Waals surface area (Å²) < 4.78 is 5.48. The van der Waals surface area contributed by atoms with Crippen molar-refractivity contribution in [3.63, 3.8) is 0 Å². The van der Waals surface area contributed by atoms with Gasteiger partial charge in [-0.15, -0.1) is 11.3 Å². The Morgan fingerprint density at radius 1 is 1.24 bits per heavy atom. The lowest BCUT2D eigenvalue weighted by atomic mass is 9.97. The van der Waals surface area contributed by atoms with Crippen molar-refractivity contribution in [3.05, 3.63) is 51.9 Å². The first-order valence-electron chi connectivity index (χ1n) is 9.11. The van der Waals surface area contributed by atoms with Crippen LogP contribution in [0.2, 0.25) is 0 Å². The van der Waals surface area contributed by atoms with E-state index in [1.807, 2.05) is 0 Å². The number of amides is 2. The maximum Gasteiger partial charge on any atom is 0.316 e. The minimum atomic E-state index is -0.736. The first-order valence-corrected chi connectivity index (χ1v) is 9.99. The standard InChI is InChI=1S/C21H22N2O5S/c1-5-15(28-20(26)21(2,3)4)17-13-9-8-12(11-14(13)23(27)19(17)25)22-18(24)16-7-6-10-29-16/h6-11,27H,5H2,1-4H3,(H,22,24)/b17-15-. The first-order chi connectivity index (χ1) is 13.6. The van der Waals surface area contributed by atoms with Gasteiger partial charge in [-0.1, -0.05) is 13.0 Å². The zero-order valence-electron chi connectivity index (χ0n) is 16.6. The number of nitrogens with zero attached hydrogens (tertiary/aromatic N) is 1. The molecule has 2 N–H and O–H groups in total. The second kappa shape index (κ2) is 7.81. The van der Waals surface area contributed by atoms with Crippen LogP contribution in [0.3, 0.4) is 0 Å². The van der Waals surface area contributed by atoms with Crippen molar-refractivity contribution in [1.29, 1.82) is 0 Å². The van der Waals surface area contributed by atoms with Gasteiger partial charge in [0.2, 0.25) is 0 Å². The summed E-state index contributed by atoms with van der Waals surface area (Å²) in [6, 6.07) is 8.23. The predicted molar refractivity (Wildman–Crippen MR) is 111 cm³/mol. The van der Waals surface area contributed by atoms with E-state index in [1.54, 1.807) is 57.3 Å². The monoisotopic (exact) mass is 414 g/mol. The van der Waals surface area contributed by atoms with Gasteiger partial charge in [0.05, 0.1) is 21.6 Å². The lowest BCUT2D eigenvalue weighted by Crippen LogP contribution is -2.25. The Bertz CT molecular complexity index is 1000. The predicted octanol–water partition coefficient (Wildman–Crippen LogP) is 4.45. The molecule has 2 heterocycles. The number of fused-ring (bicyclic) bond motifs is 1. The second-order valence-corrected chi connectivity index (χ2v) is 8.52. The van der Waals surface area contributed by atoms with E-state index >= 15 is 0 Å². The van der Waals surface area contributed by atoms with Crippen LogP contribution in [0.5, 0.6) is 0 Å². The van der Waals surface area contributed by atoms with E-state index in [0.29, 0.717) is 27.6 Å². The fourth-order valence-corrected chi connectivity index (χ4v) is 3.38. The van der Waals surface area contributed by atoms with Crippen LogP contribution in [0.15, 0.2) is 41.5 Å². The molecule has 8 heteroatoms. The number of rotatable bonds is 4.